The van der Waals surface area contributed by atoms with Crippen LogP contribution in [0.1, 0.15) is 5.56 Å². The van der Waals surface area contributed by atoms with E-state index in [1.165, 1.54) is 10.4 Å². The summed E-state index contributed by atoms with van der Waals surface area (Å²) in [6.07, 6.45) is 4.88. The SMILES string of the molecule is C(=N\n1cnnc1)/c1ccc(-c2cccs2)cc1. The smallest absolute Gasteiger partial charge is 0.141 e. The molecule has 0 saturated heterocycles. The molecule has 0 radical (unpaired) electrons. The molecule has 1 aromatic carbocycles. The first-order chi connectivity index (χ1) is 8.92. The van der Waals surface area contributed by atoms with Crippen LogP contribution < -0.4 is 0 Å². The summed E-state index contributed by atoms with van der Waals surface area (Å²) in [6, 6.07) is 12.5. The van der Waals surface area contributed by atoms with Crippen LogP contribution in [-0.2, 0) is 0 Å². The molecule has 0 unspecified atom stereocenters. The standard InChI is InChI=1S/C13H10N4S/c1-2-13(18-7-1)12-5-3-11(4-6-12)8-16-17-9-14-15-10-17/h1-10H/b16-8+. The quantitative estimate of drug-likeness (QED) is 0.674. The zero-order valence-electron chi connectivity index (χ0n) is 9.47. The fraction of sp³-hybridized carbons (Fsp3) is 0. The molecule has 5 heteroatoms. The van der Waals surface area contributed by atoms with Crippen molar-refractivity contribution in [1.29, 1.82) is 0 Å². The Morgan fingerprint density at radius 1 is 1.06 bits per heavy atom. The Labute approximate surface area is 108 Å². The number of thiophene rings is 1. The highest BCUT2D eigenvalue weighted by molar-refractivity contribution is 7.13. The minimum atomic E-state index is 1.05. The summed E-state index contributed by atoms with van der Waals surface area (Å²) in [7, 11) is 0. The molecule has 2 aromatic heterocycles. The lowest BCUT2D eigenvalue weighted by Crippen LogP contribution is -1.87. The van der Waals surface area contributed by atoms with Crippen LogP contribution in [-0.4, -0.2) is 21.1 Å². The Kier molecular flexibility index (Phi) is 2.97. The second kappa shape index (κ2) is 4.93. The van der Waals surface area contributed by atoms with Crippen LogP contribution in [0.15, 0.2) is 59.5 Å². The topological polar surface area (TPSA) is 43.1 Å². The molecule has 4 nitrogen and oxygen atoms in total. The predicted molar refractivity (Wildman–Crippen MR) is 72.8 cm³/mol. The summed E-state index contributed by atoms with van der Waals surface area (Å²) in [4.78, 5) is 1.28. The molecule has 88 valence electrons. The van der Waals surface area contributed by atoms with E-state index in [0.717, 1.165) is 5.56 Å². The van der Waals surface area contributed by atoms with Crippen molar-refractivity contribution in [3.63, 3.8) is 0 Å². The Balaban J connectivity index is 1.79. The van der Waals surface area contributed by atoms with Gasteiger partial charge in [0, 0.05) is 4.88 Å². The Morgan fingerprint density at radius 3 is 2.50 bits per heavy atom. The Bertz CT molecular complexity index is 624. The molecular formula is C13H10N4S. The van der Waals surface area contributed by atoms with Crippen molar-refractivity contribution in [3.8, 4) is 10.4 Å². The van der Waals surface area contributed by atoms with Gasteiger partial charge in [0.05, 0.1) is 6.21 Å². The van der Waals surface area contributed by atoms with E-state index < -0.39 is 0 Å². The molecule has 3 rings (SSSR count). The summed E-state index contributed by atoms with van der Waals surface area (Å²) in [5.41, 5.74) is 2.27. The minimum Gasteiger partial charge on any atom is -0.208 e. The highest BCUT2D eigenvalue weighted by atomic mass is 32.1. The average Bonchev–Trinajstić information content (AvgIpc) is 3.10. The lowest BCUT2D eigenvalue weighted by molar-refractivity contribution is 0.878. The van der Waals surface area contributed by atoms with E-state index in [0.29, 0.717) is 0 Å². The van der Waals surface area contributed by atoms with Gasteiger partial charge in [0.1, 0.15) is 12.7 Å². The zero-order chi connectivity index (χ0) is 12.2. The minimum absolute atomic E-state index is 1.05. The monoisotopic (exact) mass is 254 g/mol. The maximum atomic E-state index is 4.20. The van der Waals surface area contributed by atoms with Gasteiger partial charge in [0.2, 0.25) is 0 Å². The van der Waals surface area contributed by atoms with Crippen molar-refractivity contribution in [1.82, 2.24) is 14.9 Å². The maximum Gasteiger partial charge on any atom is 0.141 e. The molecule has 0 fully saturated rings. The summed E-state index contributed by atoms with van der Waals surface area (Å²) in [6.45, 7) is 0. The number of hydrogen-bond donors (Lipinski definition) is 0. The molecule has 0 saturated carbocycles. The van der Waals surface area contributed by atoms with E-state index in [-0.39, 0.29) is 0 Å². The molecule has 0 aliphatic carbocycles. The lowest BCUT2D eigenvalue weighted by atomic mass is 10.1. The molecule has 0 aliphatic rings. The third-order valence-corrected chi connectivity index (χ3v) is 3.38. The lowest BCUT2D eigenvalue weighted by Gasteiger charge is -1.98. The molecule has 0 amide bonds. The van der Waals surface area contributed by atoms with Gasteiger partial charge >= 0.3 is 0 Å². The second-order valence-electron chi connectivity index (χ2n) is 3.69. The van der Waals surface area contributed by atoms with Crippen LogP contribution in [0.5, 0.6) is 0 Å². The van der Waals surface area contributed by atoms with Crippen molar-refractivity contribution in [2.24, 2.45) is 5.10 Å². The number of aromatic nitrogens is 3. The summed E-state index contributed by atoms with van der Waals surface area (Å²) < 4.78 is 1.56. The van der Waals surface area contributed by atoms with Crippen LogP contribution in [0, 0.1) is 0 Å². The molecular weight excluding hydrogens is 244 g/mol. The summed E-state index contributed by atoms with van der Waals surface area (Å²) in [5.74, 6) is 0. The van der Waals surface area contributed by atoms with E-state index in [2.05, 4.69) is 44.9 Å². The third kappa shape index (κ3) is 2.36. The summed E-state index contributed by atoms with van der Waals surface area (Å²) in [5, 5.41) is 13.6. The van der Waals surface area contributed by atoms with Gasteiger partial charge in [-0.3, -0.25) is 0 Å². The molecule has 3 aromatic rings. The van der Waals surface area contributed by atoms with Crippen LogP contribution in [0.3, 0.4) is 0 Å². The fourth-order valence-corrected chi connectivity index (χ4v) is 2.30. The van der Waals surface area contributed by atoms with Crippen LogP contribution in [0.4, 0.5) is 0 Å². The van der Waals surface area contributed by atoms with E-state index in [1.54, 1.807) is 34.9 Å². The molecule has 0 N–H and O–H groups in total. The van der Waals surface area contributed by atoms with Crippen molar-refractivity contribution < 1.29 is 0 Å². The molecule has 0 spiro atoms. The van der Waals surface area contributed by atoms with Crippen LogP contribution in [0.2, 0.25) is 0 Å². The van der Waals surface area contributed by atoms with E-state index in [9.17, 15) is 0 Å². The van der Waals surface area contributed by atoms with Gasteiger partial charge in [-0.05, 0) is 22.6 Å². The van der Waals surface area contributed by atoms with Crippen LogP contribution in [0.25, 0.3) is 10.4 Å². The van der Waals surface area contributed by atoms with Gasteiger partial charge in [-0.25, -0.2) is 4.68 Å². The molecule has 0 aliphatic heterocycles. The van der Waals surface area contributed by atoms with Gasteiger partial charge in [0.15, 0.2) is 0 Å². The van der Waals surface area contributed by atoms with Crippen molar-refractivity contribution in [2.75, 3.05) is 0 Å². The number of rotatable bonds is 3. The Hall–Kier alpha value is -2.27. The largest absolute Gasteiger partial charge is 0.208 e. The molecule has 0 atom stereocenters. The predicted octanol–water partition coefficient (Wildman–Crippen LogP) is 2.89. The van der Waals surface area contributed by atoms with Gasteiger partial charge in [-0.2, -0.15) is 5.10 Å². The zero-order valence-corrected chi connectivity index (χ0v) is 10.3. The van der Waals surface area contributed by atoms with E-state index >= 15 is 0 Å². The van der Waals surface area contributed by atoms with Crippen molar-refractivity contribution in [2.45, 2.75) is 0 Å². The van der Waals surface area contributed by atoms with Crippen LogP contribution >= 0.6 is 11.3 Å². The normalized spacial score (nSPS) is 11.1. The van der Waals surface area contributed by atoms with Gasteiger partial charge < -0.3 is 0 Å². The highest BCUT2D eigenvalue weighted by Crippen LogP contribution is 2.24. The molecule has 0 bridgehead atoms. The second-order valence-corrected chi connectivity index (χ2v) is 4.63. The Morgan fingerprint density at radius 2 is 1.83 bits per heavy atom. The van der Waals surface area contributed by atoms with Gasteiger partial charge in [0.25, 0.3) is 0 Å². The van der Waals surface area contributed by atoms with E-state index in [4.69, 9.17) is 0 Å². The summed E-state index contributed by atoms with van der Waals surface area (Å²) >= 11 is 1.74. The maximum absolute atomic E-state index is 4.20. The first-order valence-electron chi connectivity index (χ1n) is 5.45. The average molecular weight is 254 g/mol. The molecule has 2 heterocycles. The number of nitrogens with zero attached hydrogens (tertiary/aromatic N) is 4. The first kappa shape index (κ1) is 10.9. The van der Waals surface area contributed by atoms with E-state index in [1.807, 2.05) is 12.1 Å². The van der Waals surface area contributed by atoms with Gasteiger partial charge in [-0.1, -0.05) is 30.3 Å². The number of benzene rings is 1. The van der Waals surface area contributed by atoms with Gasteiger partial charge in [-0.15, -0.1) is 21.5 Å². The van der Waals surface area contributed by atoms with Crippen molar-refractivity contribution in [3.05, 3.63) is 60.0 Å². The third-order valence-electron chi connectivity index (χ3n) is 2.46. The number of hydrogen-bond acceptors (Lipinski definition) is 4. The molecule has 18 heavy (non-hydrogen) atoms. The first-order valence-corrected chi connectivity index (χ1v) is 6.33. The highest BCUT2D eigenvalue weighted by Gasteiger charge is 1.97. The van der Waals surface area contributed by atoms with Crippen molar-refractivity contribution >= 4 is 17.6 Å². The fourth-order valence-electron chi connectivity index (χ4n) is 1.56.